The van der Waals surface area contributed by atoms with Gasteiger partial charge in [0.1, 0.15) is 0 Å². The lowest BCUT2D eigenvalue weighted by Crippen LogP contribution is -2.22. The molecule has 88 valence electrons. The zero-order valence-electron chi connectivity index (χ0n) is 9.44. The van der Waals surface area contributed by atoms with Gasteiger partial charge in [-0.25, -0.2) is 0 Å². The predicted molar refractivity (Wildman–Crippen MR) is 68.6 cm³/mol. The Morgan fingerprint density at radius 3 is 2.33 bits per heavy atom. The minimum Gasteiger partial charge on any atom is -0.399 e. The molecule has 0 unspecified atom stereocenters. The number of ketones is 2. The van der Waals surface area contributed by atoms with Crippen LogP contribution in [0.3, 0.4) is 0 Å². The van der Waals surface area contributed by atoms with Crippen LogP contribution in [0.25, 0.3) is 0 Å². The molecular formula is C14H10N2O2. The van der Waals surface area contributed by atoms with Crippen LogP contribution in [0.5, 0.6) is 0 Å². The van der Waals surface area contributed by atoms with Gasteiger partial charge in [-0.3, -0.25) is 9.59 Å². The van der Waals surface area contributed by atoms with Crippen molar-refractivity contribution in [1.29, 1.82) is 0 Å². The average molecular weight is 238 g/mol. The fraction of sp³-hybridized carbons (Fsp3) is 0. The van der Waals surface area contributed by atoms with E-state index >= 15 is 0 Å². The molecular weight excluding hydrogens is 228 g/mol. The Labute approximate surface area is 103 Å². The highest BCUT2D eigenvalue weighted by atomic mass is 16.1. The minimum atomic E-state index is -0.245. The lowest BCUT2D eigenvalue weighted by atomic mass is 9.83. The van der Waals surface area contributed by atoms with E-state index in [0.717, 1.165) is 0 Å². The number of rotatable bonds is 0. The van der Waals surface area contributed by atoms with Gasteiger partial charge in [0.05, 0.1) is 5.56 Å². The smallest absolute Gasteiger partial charge is 0.196 e. The SMILES string of the molecule is Nc1ccc2c(c1)C(=O)c1c(N)cccc1C2=O. The number of carbonyl (C=O) groups excluding carboxylic acids is 2. The van der Waals surface area contributed by atoms with Gasteiger partial charge in [0.25, 0.3) is 0 Å². The molecule has 4 nitrogen and oxygen atoms in total. The predicted octanol–water partition coefficient (Wildman–Crippen LogP) is 1.63. The molecule has 0 aliphatic heterocycles. The van der Waals surface area contributed by atoms with Crippen LogP contribution in [-0.4, -0.2) is 11.6 Å². The monoisotopic (exact) mass is 238 g/mol. The molecule has 2 aromatic rings. The Morgan fingerprint density at radius 1 is 0.778 bits per heavy atom. The second-order valence-corrected chi connectivity index (χ2v) is 4.23. The Bertz CT molecular complexity index is 705. The molecule has 0 radical (unpaired) electrons. The average Bonchev–Trinajstić information content (AvgIpc) is 2.35. The van der Waals surface area contributed by atoms with Gasteiger partial charge >= 0.3 is 0 Å². The molecule has 0 saturated carbocycles. The molecule has 0 saturated heterocycles. The summed E-state index contributed by atoms with van der Waals surface area (Å²) in [5.41, 5.74) is 13.6. The van der Waals surface area contributed by atoms with Crippen LogP contribution < -0.4 is 11.5 Å². The highest BCUT2D eigenvalue weighted by Crippen LogP contribution is 2.31. The zero-order valence-corrected chi connectivity index (χ0v) is 9.44. The van der Waals surface area contributed by atoms with Gasteiger partial charge in [0, 0.05) is 28.1 Å². The van der Waals surface area contributed by atoms with E-state index < -0.39 is 0 Å². The third kappa shape index (κ3) is 1.26. The van der Waals surface area contributed by atoms with Crippen molar-refractivity contribution in [2.75, 3.05) is 11.5 Å². The molecule has 0 amide bonds. The molecule has 4 N–H and O–H groups in total. The summed E-state index contributed by atoms with van der Waals surface area (Å²) in [7, 11) is 0. The molecule has 4 heteroatoms. The van der Waals surface area contributed by atoms with Gasteiger partial charge in [-0.05, 0) is 24.3 Å². The van der Waals surface area contributed by atoms with Gasteiger partial charge in [0.15, 0.2) is 11.6 Å². The maximum atomic E-state index is 12.3. The first-order valence-electron chi connectivity index (χ1n) is 5.47. The maximum absolute atomic E-state index is 12.3. The molecule has 0 heterocycles. The summed E-state index contributed by atoms with van der Waals surface area (Å²) < 4.78 is 0. The normalized spacial score (nSPS) is 13.1. The molecule has 2 aromatic carbocycles. The summed E-state index contributed by atoms with van der Waals surface area (Å²) >= 11 is 0. The van der Waals surface area contributed by atoms with Crippen LogP contribution in [0.2, 0.25) is 0 Å². The van der Waals surface area contributed by atoms with Gasteiger partial charge in [-0.2, -0.15) is 0 Å². The number of nitrogen functional groups attached to an aromatic ring is 2. The molecule has 0 aromatic heterocycles. The van der Waals surface area contributed by atoms with Gasteiger partial charge in [-0.15, -0.1) is 0 Å². The number of benzene rings is 2. The van der Waals surface area contributed by atoms with E-state index in [1.165, 1.54) is 6.07 Å². The Balaban J connectivity index is 2.36. The van der Waals surface area contributed by atoms with Crippen molar-refractivity contribution in [3.05, 3.63) is 58.7 Å². The summed E-state index contributed by atoms with van der Waals surface area (Å²) in [6, 6.07) is 9.61. The zero-order chi connectivity index (χ0) is 12.9. The summed E-state index contributed by atoms with van der Waals surface area (Å²) in [6.07, 6.45) is 0. The second-order valence-electron chi connectivity index (χ2n) is 4.23. The lowest BCUT2D eigenvalue weighted by molar-refractivity contribution is 0.0980. The van der Waals surface area contributed by atoms with E-state index in [9.17, 15) is 9.59 Å². The van der Waals surface area contributed by atoms with E-state index in [0.29, 0.717) is 28.1 Å². The quantitative estimate of drug-likeness (QED) is 0.583. The van der Waals surface area contributed by atoms with Gasteiger partial charge < -0.3 is 11.5 Å². The number of hydrogen-bond acceptors (Lipinski definition) is 4. The van der Waals surface area contributed by atoms with Crippen molar-refractivity contribution >= 4 is 22.9 Å². The number of carbonyl (C=O) groups is 2. The molecule has 0 fully saturated rings. The highest BCUT2D eigenvalue weighted by Gasteiger charge is 2.30. The molecule has 1 aliphatic carbocycles. The third-order valence-corrected chi connectivity index (χ3v) is 3.10. The maximum Gasteiger partial charge on any atom is 0.196 e. The Morgan fingerprint density at radius 2 is 1.56 bits per heavy atom. The van der Waals surface area contributed by atoms with Crippen molar-refractivity contribution in [1.82, 2.24) is 0 Å². The van der Waals surface area contributed by atoms with Crippen molar-refractivity contribution in [3.63, 3.8) is 0 Å². The Hall–Kier alpha value is -2.62. The molecule has 18 heavy (non-hydrogen) atoms. The summed E-state index contributed by atoms with van der Waals surface area (Å²) in [5, 5.41) is 0. The van der Waals surface area contributed by atoms with Crippen LogP contribution in [-0.2, 0) is 0 Å². The first-order valence-corrected chi connectivity index (χ1v) is 5.47. The minimum absolute atomic E-state index is 0.188. The second kappa shape index (κ2) is 3.43. The molecule has 0 spiro atoms. The van der Waals surface area contributed by atoms with Gasteiger partial charge in [-0.1, -0.05) is 12.1 Å². The van der Waals surface area contributed by atoms with E-state index in [1.54, 1.807) is 30.3 Å². The first-order chi connectivity index (χ1) is 8.59. The van der Waals surface area contributed by atoms with Crippen molar-refractivity contribution < 1.29 is 9.59 Å². The fourth-order valence-corrected chi connectivity index (χ4v) is 2.24. The van der Waals surface area contributed by atoms with E-state index in [2.05, 4.69) is 0 Å². The van der Waals surface area contributed by atoms with E-state index in [1.807, 2.05) is 0 Å². The van der Waals surface area contributed by atoms with Crippen molar-refractivity contribution in [2.24, 2.45) is 0 Å². The Kier molecular flexibility index (Phi) is 2.01. The third-order valence-electron chi connectivity index (χ3n) is 3.10. The first kappa shape index (κ1) is 10.5. The van der Waals surface area contributed by atoms with E-state index in [4.69, 9.17) is 11.5 Å². The van der Waals surface area contributed by atoms with E-state index in [-0.39, 0.29) is 17.1 Å². The van der Waals surface area contributed by atoms with Crippen LogP contribution in [0, 0.1) is 0 Å². The lowest BCUT2D eigenvalue weighted by Gasteiger charge is -2.18. The van der Waals surface area contributed by atoms with Crippen LogP contribution in [0.15, 0.2) is 36.4 Å². The van der Waals surface area contributed by atoms with Crippen molar-refractivity contribution in [2.45, 2.75) is 0 Å². The number of anilines is 2. The molecule has 3 rings (SSSR count). The topological polar surface area (TPSA) is 86.2 Å². The fourth-order valence-electron chi connectivity index (χ4n) is 2.24. The largest absolute Gasteiger partial charge is 0.399 e. The van der Waals surface area contributed by atoms with Gasteiger partial charge in [0.2, 0.25) is 0 Å². The highest BCUT2D eigenvalue weighted by molar-refractivity contribution is 6.30. The standard InChI is InChI=1S/C14H10N2O2/c15-7-4-5-8-10(6-7)14(18)12-9(13(8)17)2-1-3-11(12)16/h1-6H,15-16H2. The number of fused-ring (bicyclic) bond motifs is 2. The van der Waals surface area contributed by atoms with Crippen LogP contribution >= 0.6 is 0 Å². The molecule has 0 atom stereocenters. The molecule has 0 bridgehead atoms. The van der Waals surface area contributed by atoms with Crippen LogP contribution in [0.4, 0.5) is 11.4 Å². The summed E-state index contributed by atoms with van der Waals surface area (Å²) in [4.78, 5) is 24.6. The van der Waals surface area contributed by atoms with Crippen LogP contribution in [0.1, 0.15) is 31.8 Å². The number of nitrogens with two attached hydrogens (primary N) is 2. The summed E-state index contributed by atoms with van der Waals surface area (Å²) in [6.45, 7) is 0. The summed E-state index contributed by atoms with van der Waals surface area (Å²) in [5.74, 6) is -0.433. The molecule has 1 aliphatic rings. The number of hydrogen-bond donors (Lipinski definition) is 2. The van der Waals surface area contributed by atoms with Crippen molar-refractivity contribution in [3.8, 4) is 0 Å².